The summed E-state index contributed by atoms with van der Waals surface area (Å²) < 4.78 is 20.2. The lowest BCUT2D eigenvalue weighted by Crippen LogP contribution is -2.20. The van der Waals surface area contributed by atoms with Gasteiger partial charge in [0.15, 0.2) is 0 Å². The maximum Gasteiger partial charge on any atom is 0.131 e. The highest BCUT2D eigenvalue weighted by molar-refractivity contribution is 5.43. The zero-order chi connectivity index (χ0) is 15.2. The number of nitrogens with one attached hydrogen (secondary N) is 1. The first-order valence-electron chi connectivity index (χ1n) is 7.33. The van der Waals surface area contributed by atoms with Crippen molar-refractivity contribution < 1.29 is 9.13 Å². The first-order chi connectivity index (χ1) is 10.2. The molecule has 0 amide bonds. The molecule has 1 atom stereocenters. The Kier molecular flexibility index (Phi) is 5.34. The summed E-state index contributed by atoms with van der Waals surface area (Å²) in [6, 6.07) is 13.1. The van der Waals surface area contributed by atoms with E-state index in [0.717, 1.165) is 17.7 Å². The molecule has 2 aromatic carbocycles. The fourth-order valence-corrected chi connectivity index (χ4v) is 2.43. The molecule has 0 aromatic heterocycles. The predicted octanol–water partition coefficient (Wildman–Crippen LogP) is 4.23. The van der Waals surface area contributed by atoms with Crippen molar-refractivity contribution in [2.75, 3.05) is 13.7 Å². The van der Waals surface area contributed by atoms with Gasteiger partial charge in [0, 0.05) is 11.1 Å². The van der Waals surface area contributed by atoms with Gasteiger partial charge < -0.3 is 10.1 Å². The van der Waals surface area contributed by atoms with Crippen LogP contribution in [0.3, 0.4) is 0 Å². The summed E-state index contributed by atoms with van der Waals surface area (Å²) in [4.78, 5) is 0. The molecule has 0 saturated carbocycles. The second kappa shape index (κ2) is 7.23. The molecule has 0 fully saturated rings. The van der Waals surface area contributed by atoms with Crippen molar-refractivity contribution >= 4 is 0 Å². The van der Waals surface area contributed by atoms with Crippen LogP contribution in [0.4, 0.5) is 4.39 Å². The topological polar surface area (TPSA) is 21.3 Å². The van der Waals surface area contributed by atoms with E-state index in [1.54, 1.807) is 13.0 Å². The van der Waals surface area contributed by atoms with Crippen LogP contribution in [-0.2, 0) is 0 Å². The lowest BCUT2D eigenvalue weighted by molar-refractivity contribution is 0.312. The van der Waals surface area contributed by atoms with E-state index < -0.39 is 0 Å². The standard InChI is InChI=1S/C18H22FNO/c1-4-12-21-16-11-6-5-9-14(16)18(20-3)15-10-7-8-13(2)17(15)19/h5-11,18,20H,4,12H2,1-3H3. The van der Waals surface area contributed by atoms with Crippen molar-refractivity contribution in [3.05, 3.63) is 65.0 Å². The summed E-state index contributed by atoms with van der Waals surface area (Å²) in [7, 11) is 1.84. The van der Waals surface area contributed by atoms with Crippen LogP contribution in [0.25, 0.3) is 0 Å². The SMILES string of the molecule is CCCOc1ccccc1C(NC)c1cccc(C)c1F. The highest BCUT2D eigenvalue weighted by Gasteiger charge is 2.20. The van der Waals surface area contributed by atoms with Gasteiger partial charge in [-0.3, -0.25) is 0 Å². The van der Waals surface area contributed by atoms with E-state index in [4.69, 9.17) is 4.74 Å². The van der Waals surface area contributed by atoms with Crippen LogP contribution in [0.15, 0.2) is 42.5 Å². The van der Waals surface area contributed by atoms with Gasteiger partial charge in [0.2, 0.25) is 0 Å². The Hall–Kier alpha value is -1.87. The maximum atomic E-state index is 14.4. The van der Waals surface area contributed by atoms with E-state index >= 15 is 0 Å². The van der Waals surface area contributed by atoms with Gasteiger partial charge >= 0.3 is 0 Å². The molecule has 2 rings (SSSR count). The Morgan fingerprint density at radius 1 is 1.10 bits per heavy atom. The molecule has 0 spiro atoms. The van der Waals surface area contributed by atoms with E-state index in [2.05, 4.69) is 12.2 Å². The third-order valence-electron chi connectivity index (χ3n) is 3.51. The number of hydrogen-bond acceptors (Lipinski definition) is 2. The van der Waals surface area contributed by atoms with Gasteiger partial charge in [-0.05, 0) is 32.0 Å². The molecule has 0 bridgehead atoms. The summed E-state index contributed by atoms with van der Waals surface area (Å²) in [5.41, 5.74) is 2.25. The average molecular weight is 287 g/mol. The summed E-state index contributed by atoms with van der Waals surface area (Å²) >= 11 is 0. The maximum absolute atomic E-state index is 14.4. The smallest absolute Gasteiger partial charge is 0.131 e. The number of aryl methyl sites for hydroxylation is 1. The highest BCUT2D eigenvalue weighted by Crippen LogP contribution is 2.31. The van der Waals surface area contributed by atoms with Crippen LogP contribution in [-0.4, -0.2) is 13.7 Å². The summed E-state index contributed by atoms with van der Waals surface area (Å²) in [6.45, 7) is 4.51. The molecule has 1 unspecified atom stereocenters. The number of ether oxygens (including phenoxy) is 1. The molecular formula is C18H22FNO. The van der Waals surface area contributed by atoms with Crippen LogP contribution in [0.2, 0.25) is 0 Å². The molecule has 2 aromatic rings. The fourth-order valence-electron chi connectivity index (χ4n) is 2.43. The van der Waals surface area contributed by atoms with Crippen LogP contribution in [0.5, 0.6) is 5.75 Å². The minimum atomic E-state index is -0.224. The summed E-state index contributed by atoms with van der Waals surface area (Å²) in [5, 5.41) is 3.20. The van der Waals surface area contributed by atoms with E-state index in [0.29, 0.717) is 17.7 Å². The fraction of sp³-hybridized carbons (Fsp3) is 0.333. The van der Waals surface area contributed by atoms with Crippen LogP contribution >= 0.6 is 0 Å². The van der Waals surface area contributed by atoms with Crippen LogP contribution in [0.1, 0.15) is 36.1 Å². The monoisotopic (exact) mass is 287 g/mol. The Morgan fingerprint density at radius 2 is 1.81 bits per heavy atom. The molecule has 0 heterocycles. The Balaban J connectivity index is 2.44. The van der Waals surface area contributed by atoms with E-state index in [-0.39, 0.29) is 11.9 Å². The lowest BCUT2D eigenvalue weighted by atomic mass is 9.96. The molecular weight excluding hydrogens is 265 g/mol. The second-order valence-electron chi connectivity index (χ2n) is 5.09. The van der Waals surface area contributed by atoms with Crippen molar-refractivity contribution in [3.63, 3.8) is 0 Å². The van der Waals surface area contributed by atoms with Gasteiger partial charge in [-0.15, -0.1) is 0 Å². The van der Waals surface area contributed by atoms with E-state index in [1.807, 2.05) is 43.4 Å². The Morgan fingerprint density at radius 3 is 2.52 bits per heavy atom. The van der Waals surface area contributed by atoms with E-state index in [9.17, 15) is 4.39 Å². The van der Waals surface area contributed by atoms with Gasteiger partial charge in [-0.1, -0.05) is 43.3 Å². The van der Waals surface area contributed by atoms with Crippen LogP contribution in [0, 0.1) is 12.7 Å². The predicted molar refractivity (Wildman–Crippen MR) is 84.3 cm³/mol. The van der Waals surface area contributed by atoms with Crippen molar-refractivity contribution in [2.24, 2.45) is 0 Å². The molecule has 1 N–H and O–H groups in total. The Labute approximate surface area is 126 Å². The largest absolute Gasteiger partial charge is 0.493 e. The third-order valence-corrected chi connectivity index (χ3v) is 3.51. The number of hydrogen-bond donors (Lipinski definition) is 1. The van der Waals surface area contributed by atoms with Gasteiger partial charge in [0.1, 0.15) is 11.6 Å². The van der Waals surface area contributed by atoms with Crippen molar-refractivity contribution in [2.45, 2.75) is 26.3 Å². The molecule has 3 heteroatoms. The van der Waals surface area contributed by atoms with Gasteiger partial charge in [-0.25, -0.2) is 4.39 Å². The van der Waals surface area contributed by atoms with Gasteiger partial charge in [0.25, 0.3) is 0 Å². The quantitative estimate of drug-likeness (QED) is 0.858. The first-order valence-corrected chi connectivity index (χ1v) is 7.33. The van der Waals surface area contributed by atoms with Gasteiger partial charge in [0.05, 0.1) is 12.6 Å². The van der Waals surface area contributed by atoms with Crippen molar-refractivity contribution in [1.82, 2.24) is 5.32 Å². The molecule has 0 saturated heterocycles. The average Bonchev–Trinajstić information content (AvgIpc) is 2.51. The zero-order valence-corrected chi connectivity index (χ0v) is 12.8. The molecule has 0 aliphatic rings. The van der Waals surface area contributed by atoms with Crippen molar-refractivity contribution in [1.29, 1.82) is 0 Å². The highest BCUT2D eigenvalue weighted by atomic mass is 19.1. The molecule has 0 aliphatic heterocycles. The first kappa shape index (κ1) is 15.5. The lowest BCUT2D eigenvalue weighted by Gasteiger charge is -2.21. The van der Waals surface area contributed by atoms with Crippen LogP contribution < -0.4 is 10.1 Å². The molecule has 0 radical (unpaired) electrons. The number of rotatable bonds is 6. The molecule has 2 nitrogen and oxygen atoms in total. The second-order valence-corrected chi connectivity index (χ2v) is 5.09. The Bertz CT molecular complexity index is 598. The number of para-hydroxylation sites is 1. The number of benzene rings is 2. The minimum Gasteiger partial charge on any atom is -0.493 e. The molecule has 0 aliphatic carbocycles. The normalized spacial score (nSPS) is 12.2. The van der Waals surface area contributed by atoms with E-state index in [1.165, 1.54) is 0 Å². The molecule has 112 valence electrons. The zero-order valence-electron chi connectivity index (χ0n) is 12.8. The van der Waals surface area contributed by atoms with Gasteiger partial charge in [-0.2, -0.15) is 0 Å². The van der Waals surface area contributed by atoms with Crippen molar-refractivity contribution in [3.8, 4) is 5.75 Å². The summed E-state index contributed by atoms with van der Waals surface area (Å²) in [5.74, 6) is 0.641. The third kappa shape index (κ3) is 3.42. The minimum absolute atomic E-state index is 0.165. The number of halogens is 1. The molecule has 21 heavy (non-hydrogen) atoms. The summed E-state index contributed by atoms with van der Waals surface area (Å²) in [6.07, 6.45) is 0.942.